The Morgan fingerprint density at radius 2 is 1.79 bits per heavy atom. The van der Waals surface area contributed by atoms with Gasteiger partial charge in [0.15, 0.2) is 0 Å². The van der Waals surface area contributed by atoms with Crippen LogP contribution in [0.1, 0.15) is 51.4 Å². The van der Waals surface area contributed by atoms with Crippen molar-refractivity contribution in [3.05, 3.63) is 59.9 Å². The number of aromatic nitrogens is 2. The maximum Gasteiger partial charge on any atom is 0.222 e. The second kappa shape index (κ2) is 9.59. The molecule has 1 N–H and O–H groups in total. The highest BCUT2D eigenvalue weighted by Gasteiger charge is 2.13. The van der Waals surface area contributed by atoms with Gasteiger partial charge in [-0.1, -0.05) is 52.0 Å². The van der Waals surface area contributed by atoms with E-state index >= 15 is 0 Å². The van der Waals surface area contributed by atoms with Crippen molar-refractivity contribution in [3.63, 3.8) is 0 Å². The third-order valence-electron chi connectivity index (χ3n) is 5.02. The van der Waals surface area contributed by atoms with Crippen LogP contribution in [-0.2, 0) is 17.9 Å². The van der Waals surface area contributed by atoms with Crippen LogP contribution in [0.3, 0.4) is 0 Å². The standard InChI is InChI=1S/C24H31N3O2/c1-17(2)19-10-12-20(13-11-19)29-15-7-14-27-22-9-6-5-8-21(22)26-23(27)16-25-24(28)18(3)4/h5-6,8-13,17-18H,7,14-16H2,1-4H3,(H,25,28). The Bertz CT molecular complexity index is 942. The Morgan fingerprint density at radius 3 is 2.48 bits per heavy atom. The summed E-state index contributed by atoms with van der Waals surface area (Å²) < 4.78 is 8.10. The van der Waals surface area contributed by atoms with Gasteiger partial charge >= 0.3 is 0 Å². The fourth-order valence-electron chi connectivity index (χ4n) is 3.24. The van der Waals surface area contributed by atoms with Crippen molar-refractivity contribution in [3.8, 4) is 5.75 Å². The molecular formula is C24H31N3O2. The van der Waals surface area contributed by atoms with Crippen molar-refractivity contribution in [2.24, 2.45) is 5.92 Å². The molecule has 0 saturated carbocycles. The molecule has 1 aromatic heterocycles. The molecule has 0 fully saturated rings. The maximum absolute atomic E-state index is 12.0. The second-order valence-electron chi connectivity index (χ2n) is 7.97. The summed E-state index contributed by atoms with van der Waals surface area (Å²) in [5, 5.41) is 2.98. The Kier molecular flexibility index (Phi) is 6.91. The predicted molar refractivity (Wildman–Crippen MR) is 117 cm³/mol. The minimum absolute atomic E-state index is 0.0386. The summed E-state index contributed by atoms with van der Waals surface area (Å²) in [6.07, 6.45) is 0.859. The molecule has 5 nitrogen and oxygen atoms in total. The number of hydrogen-bond acceptors (Lipinski definition) is 3. The van der Waals surface area contributed by atoms with Gasteiger partial charge in [-0.25, -0.2) is 4.98 Å². The van der Waals surface area contributed by atoms with Gasteiger partial charge in [0.05, 0.1) is 24.2 Å². The number of amides is 1. The van der Waals surface area contributed by atoms with Gasteiger partial charge in [0.1, 0.15) is 11.6 Å². The van der Waals surface area contributed by atoms with E-state index in [9.17, 15) is 4.79 Å². The first kappa shape index (κ1) is 20.9. The van der Waals surface area contributed by atoms with E-state index in [1.807, 2.05) is 44.2 Å². The molecule has 2 aromatic carbocycles. The first-order valence-corrected chi connectivity index (χ1v) is 10.4. The lowest BCUT2D eigenvalue weighted by Crippen LogP contribution is -2.28. The number of rotatable bonds is 9. The molecular weight excluding hydrogens is 362 g/mol. The summed E-state index contributed by atoms with van der Waals surface area (Å²) in [6.45, 7) is 10.0. The molecule has 0 bridgehead atoms. The van der Waals surface area contributed by atoms with Crippen LogP contribution in [0.5, 0.6) is 5.75 Å². The van der Waals surface area contributed by atoms with Crippen LogP contribution in [-0.4, -0.2) is 22.1 Å². The number of benzene rings is 2. The second-order valence-corrected chi connectivity index (χ2v) is 7.97. The summed E-state index contributed by atoms with van der Waals surface area (Å²) in [7, 11) is 0. The van der Waals surface area contributed by atoms with Gasteiger partial charge in [-0.2, -0.15) is 0 Å². The topological polar surface area (TPSA) is 56.2 Å². The fourth-order valence-corrected chi connectivity index (χ4v) is 3.24. The van der Waals surface area contributed by atoms with Gasteiger partial charge in [-0.3, -0.25) is 4.79 Å². The quantitative estimate of drug-likeness (QED) is 0.526. The smallest absolute Gasteiger partial charge is 0.222 e. The first-order valence-electron chi connectivity index (χ1n) is 10.4. The van der Waals surface area contributed by atoms with E-state index in [1.165, 1.54) is 5.56 Å². The number of nitrogens with one attached hydrogen (secondary N) is 1. The van der Waals surface area contributed by atoms with E-state index < -0.39 is 0 Å². The zero-order valence-corrected chi connectivity index (χ0v) is 17.8. The van der Waals surface area contributed by atoms with E-state index in [2.05, 4.69) is 41.9 Å². The lowest BCUT2D eigenvalue weighted by atomic mass is 10.0. The van der Waals surface area contributed by atoms with E-state index in [0.717, 1.165) is 35.6 Å². The fraction of sp³-hybridized carbons (Fsp3) is 0.417. The number of nitrogens with zero attached hydrogens (tertiary/aromatic N) is 2. The van der Waals surface area contributed by atoms with Crippen LogP contribution in [0.25, 0.3) is 11.0 Å². The van der Waals surface area contributed by atoms with Gasteiger partial charge in [0.2, 0.25) is 5.91 Å². The van der Waals surface area contributed by atoms with Gasteiger partial charge in [0, 0.05) is 12.5 Å². The minimum Gasteiger partial charge on any atom is -0.494 e. The lowest BCUT2D eigenvalue weighted by molar-refractivity contribution is -0.124. The first-order chi connectivity index (χ1) is 14.0. The molecule has 0 aliphatic heterocycles. The third-order valence-corrected chi connectivity index (χ3v) is 5.02. The number of imidazole rings is 1. The van der Waals surface area contributed by atoms with Gasteiger partial charge in [0.25, 0.3) is 0 Å². The zero-order chi connectivity index (χ0) is 20.8. The molecule has 0 spiro atoms. The SMILES string of the molecule is CC(C)C(=O)NCc1nc2ccccc2n1CCCOc1ccc(C(C)C)cc1. The maximum atomic E-state index is 12.0. The number of hydrogen-bond donors (Lipinski definition) is 1. The molecule has 5 heteroatoms. The van der Waals surface area contributed by atoms with E-state index in [1.54, 1.807) is 0 Å². The molecule has 0 unspecified atom stereocenters. The highest BCUT2D eigenvalue weighted by molar-refractivity contribution is 5.78. The number of fused-ring (bicyclic) bond motifs is 1. The lowest BCUT2D eigenvalue weighted by Gasteiger charge is -2.12. The number of ether oxygens (including phenoxy) is 1. The van der Waals surface area contributed by atoms with Crippen molar-refractivity contribution >= 4 is 16.9 Å². The summed E-state index contributed by atoms with van der Waals surface area (Å²) in [5.74, 6) is 2.30. The molecule has 29 heavy (non-hydrogen) atoms. The van der Waals surface area contributed by atoms with Gasteiger partial charge in [-0.15, -0.1) is 0 Å². The zero-order valence-electron chi connectivity index (χ0n) is 17.8. The number of aryl methyl sites for hydroxylation is 1. The van der Waals surface area contributed by atoms with Crippen LogP contribution in [0, 0.1) is 5.92 Å². The minimum atomic E-state index is -0.0386. The molecule has 1 amide bonds. The molecule has 0 atom stereocenters. The molecule has 3 rings (SSSR count). The van der Waals surface area contributed by atoms with Gasteiger partial charge < -0.3 is 14.6 Å². The van der Waals surface area contributed by atoms with Crippen LogP contribution in [0.15, 0.2) is 48.5 Å². The average Bonchev–Trinajstić information content (AvgIpc) is 3.07. The van der Waals surface area contributed by atoms with Crippen molar-refractivity contribution < 1.29 is 9.53 Å². The number of para-hydroxylation sites is 2. The summed E-state index contributed by atoms with van der Waals surface area (Å²) >= 11 is 0. The summed E-state index contributed by atoms with van der Waals surface area (Å²) in [4.78, 5) is 16.7. The highest BCUT2D eigenvalue weighted by Crippen LogP contribution is 2.20. The van der Waals surface area contributed by atoms with Crippen LogP contribution >= 0.6 is 0 Å². The monoisotopic (exact) mass is 393 g/mol. The molecule has 0 radical (unpaired) electrons. The summed E-state index contributed by atoms with van der Waals surface area (Å²) in [6, 6.07) is 16.4. The van der Waals surface area contributed by atoms with Crippen molar-refractivity contribution in [2.75, 3.05) is 6.61 Å². The molecule has 0 saturated heterocycles. The third kappa shape index (κ3) is 5.37. The molecule has 154 valence electrons. The number of carbonyl (C=O) groups excluding carboxylic acids is 1. The van der Waals surface area contributed by atoms with Crippen molar-refractivity contribution in [2.45, 2.75) is 53.1 Å². The highest BCUT2D eigenvalue weighted by atomic mass is 16.5. The van der Waals surface area contributed by atoms with E-state index in [0.29, 0.717) is 19.1 Å². The predicted octanol–water partition coefficient (Wildman–Crippen LogP) is 4.90. The average molecular weight is 394 g/mol. The van der Waals surface area contributed by atoms with Gasteiger partial charge in [-0.05, 0) is 42.2 Å². The molecule has 0 aliphatic rings. The van der Waals surface area contributed by atoms with Crippen LogP contribution in [0.2, 0.25) is 0 Å². The van der Waals surface area contributed by atoms with E-state index in [4.69, 9.17) is 9.72 Å². The largest absolute Gasteiger partial charge is 0.494 e. The Morgan fingerprint density at radius 1 is 1.07 bits per heavy atom. The molecule has 0 aliphatic carbocycles. The Balaban J connectivity index is 1.62. The van der Waals surface area contributed by atoms with Crippen LogP contribution < -0.4 is 10.1 Å². The number of carbonyl (C=O) groups is 1. The Labute approximate surface area is 173 Å². The van der Waals surface area contributed by atoms with E-state index in [-0.39, 0.29) is 11.8 Å². The Hall–Kier alpha value is -2.82. The molecule has 1 heterocycles. The summed E-state index contributed by atoms with van der Waals surface area (Å²) in [5.41, 5.74) is 3.35. The van der Waals surface area contributed by atoms with Crippen molar-refractivity contribution in [1.82, 2.24) is 14.9 Å². The molecule has 3 aromatic rings. The normalized spacial score (nSPS) is 11.4. The van der Waals surface area contributed by atoms with Crippen LogP contribution in [0.4, 0.5) is 0 Å². The van der Waals surface area contributed by atoms with Crippen molar-refractivity contribution in [1.29, 1.82) is 0 Å².